The number of rotatable bonds is 3. The summed E-state index contributed by atoms with van der Waals surface area (Å²) in [5, 5.41) is 5.13. The van der Waals surface area contributed by atoms with E-state index in [4.69, 9.17) is 11.6 Å². The van der Waals surface area contributed by atoms with Gasteiger partial charge in [0.15, 0.2) is 5.65 Å². The van der Waals surface area contributed by atoms with Crippen LogP contribution in [0.3, 0.4) is 0 Å². The smallest absolute Gasteiger partial charge is 0.177 e. The first-order chi connectivity index (χ1) is 11.2. The van der Waals surface area contributed by atoms with Gasteiger partial charge in [-0.3, -0.25) is 5.43 Å². The Kier molecular flexibility index (Phi) is 3.38. The third kappa shape index (κ3) is 2.51. The maximum Gasteiger partial charge on any atom is 0.177 e. The molecule has 0 fully saturated rings. The first kappa shape index (κ1) is 14.0. The highest BCUT2D eigenvalue weighted by atomic mass is 35.5. The van der Waals surface area contributed by atoms with Crippen LogP contribution >= 0.6 is 11.6 Å². The van der Waals surface area contributed by atoms with Gasteiger partial charge in [-0.2, -0.15) is 5.10 Å². The van der Waals surface area contributed by atoms with Gasteiger partial charge in [-0.15, -0.1) is 0 Å². The van der Waals surface area contributed by atoms with E-state index in [2.05, 4.69) is 30.0 Å². The standard InChI is InChI=1S/C16H15ClN6/c1-22-13-3-2-8-18-16(13)20-14(22)9-15-21-19-10-23(15)12-6-4-11(17)5-7-12/h2-8,19H,9-10H2,1H3. The van der Waals surface area contributed by atoms with E-state index in [1.54, 1.807) is 6.20 Å². The number of fused-ring (bicyclic) bond motifs is 1. The predicted octanol–water partition coefficient (Wildman–Crippen LogP) is 2.54. The first-order valence-corrected chi connectivity index (χ1v) is 7.69. The summed E-state index contributed by atoms with van der Waals surface area (Å²) in [7, 11) is 2.00. The summed E-state index contributed by atoms with van der Waals surface area (Å²) in [5.74, 6) is 1.85. The summed E-state index contributed by atoms with van der Waals surface area (Å²) in [4.78, 5) is 11.0. The maximum absolute atomic E-state index is 5.97. The fourth-order valence-corrected chi connectivity index (χ4v) is 2.84. The van der Waals surface area contributed by atoms with Gasteiger partial charge in [-0.1, -0.05) is 11.6 Å². The van der Waals surface area contributed by atoms with E-state index in [1.165, 1.54) is 0 Å². The van der Waals surface area contributed by atoms with Gasteiger partial charge in [0.1, 0.15) is 18.3 Å². The summed E-state index contributed by atoms with van der Waals surface area (Å²) in [6.07, 6.45) is 2.39. The van der Waals surface area contributed by atoms with Crippen LogP contribution in [0.2, 0.25) is 5.02 Å². The number of anilines is 1. The van der Waals surface area contributed by atoms with Gasteiger partial charge in [0.2, 0.25) is 0 Å². The quantitative estimate of drug-likeness (QED) is 0.803. The molecular weight excluding hydrogens is 312 g/mol. The lowest BCUT2D eigenvalue weighted by molar-refractivity contribution is 0.807. The zero-order chi connectivity index (χ0) is 15.8. The van der Waals surface area contributed by atoms with Gasteiger partial charge in [0.25, 0.3) is 0 Å². The van der Waals surface area contributed by atoms with Crippen LogP contribution in [-0.2, 0) is 13.5 Å². The van der Waals surface area contributed by atoms with E-state index in [0.717, 1.165) is 33.5 Å². The van der Waals surface area contributed by atoms with Crippen LogP contribution in [0.1, 0.15) is 5.82 Å². The zero-order valence-corrected chi connectivity index (χ0v) is 13.3. The minimum Gasteiger partial charge on any atom is -0.329 e. The predicted molar refractivity (Wildman–Crippen MR) is 91.6 cm³/mol. The van der Waals surface area contributed by atoms with E-state index in [-0.39, 0.29) is 0 Å². The van der Waals surface area contributed by atoms with Gasteiger partial charge >= 0.3 is 0 Å². The Morgan fingerprint density at radius 2 is 2.04 bits per heavy atom. The van der Waals surface area contributed by atoms with Crippen molar-refractivity contribution in [3.8, 4) is 0 Å². The third-order valence-corrected chi connectivity index (χ3v) is 4.20. The molecule has 7 heteroatoms. The number of hydrogen-bond donors (Lipinski definition) is 1. The van der Waals surface area contributed by atoms with Crippen LogP contribution in [0, 0.1) is 0 Å². The molecule has 6 nitrogen and oxygen atoms in total. The molecule has 0 unspecified atom stereocenters. The fourth-order valence-electron chi connectivity index (χ4n) is 2.72. The molecule has 23 heavy (non-hydrogen) atoms. The average Bonchev–Trinajstić information content (AvgIpc) is 3.15. The summed E-state index contributed by atoms with van der Waals surface area (Å²) >= 11 is 5.97. The second-order valence-electron chi connectivity index (χ2n) is 5.36. The van der Waals surface area contributed by atoms with Gasteiger partial charge < -0.3 is 9.47 Å². The molecule has 0 saturated heterocycles. The molecule has 2 aromatic heterocycles. The second-order valence-corrected chi connectivity index (χ2v) is 5.80. The highest BCUT2D eigenvalue weighted by Crippen LogP contribution is 2.21. The van der Waals surface area contributed by atoms with Crippen molar-refractivity contribution >= 4 is 34.3 Å². The fraction of sp³-hybridized carbons (Fsp3) is 0.188. The number of hydrogen-bond acceptors (Lipinski definition) is 5. The number of nitrogens with one attached hydrogen (secondary N) is 1. The minimum absolute atomic E-state index is 0.627. The Bertz CT molecular complexity index is 883. The molecule has 0 amide bonds. The molecule has 4 rings (SSSR count). The lowest BCUT2D eigenvalue weighted by atomic mass is 10.2. The van der Waals surface area contributed by atoms with Crippen LogP contribution in [0.15, 0.2) is 47.7 Å². The van der Waals surface area contributed by atoms with Crippen molar-refractivity contribution in [2.75, 3.05) is 11.6 Å². The number of benzene rings is 1. The van der Waals surface area contributed by atoms with Crippen molar-refractivity contribution in [1.29, 1.82) is 0 Å². The molecule has 1 N–H and O–H groups in total. The molecule has 0 radical (unpaired) electrons. The molecule has 1 aromatic carbocycles. The first-order valence-electron chi connectivity index (χ1n) is 7.31. The largest absolute Gasteiger partial charge is 0.329 e. The Labute approximate surface area is 138 Å². The molecule has 3 heterocycles. The molecule has 0 aliphatic carbocycles. The molecule has 1 aliphatic heterocycles. The highest BCUT2D eigenvalue weighted by Gasteiger charge is 2.21. The van der Waals surface area contributed by atoms with Crippen LogP contribution < -0.4 is 10.3 Å². The number of aryl methyl sites for hydroxylation is 1. The number of halogens is 1. The summed E-state index contributed by atoms with van der Waals surface area (Å²) in [5.41, 5.74) is 5.87. The molecule has 0 bridgehead atoms. The lowest BCUT2D eigenvalue weighted by Crippen LogP contribution is -2.31. The van der Waals surface area contributed by atoms with Crippen molar-refractivity contribution in [3.05, 3.63) is 53.4 Å². The maximum atomic E-state index is 5.97. The van der Waals surface area contributed by atoms with Gasteiger partial charge in [0.05, 0.1) is 11.9 Å². The second kappa shape index (κ2) is 5.55. The Balaban J connectivity index is 1.64. The van der Waals surface area contributed by atoms with Crippen molar-refractivity contribution in [2.45, 2.75) is 6.42 Å². The Morgan fingerprint density at radius 3 is 2.83 bits per heavy atom. The Morgan fingerprint density at radius 1 is 1.22 bits per heavy atom. The number of amidine groups is 1. The highest BCUT2D eigenvalue weighted by molar-refractivity contribution is 6.30. The molecule has 0 atom stereocenters. The molecule has 116 valence electrons. The molecule has 0 spiro atoms. The van der Waals surface area contributed by atoms with Crippen LogP contribution in [-0.4, -0.2) is 27.0 Å². The molecular formula is C16H15ClN6. The number of pyridine rings is 1. The van der Waals surface area contributed by atoms with E-state index >= 15 is 0 Å². The van der Waals surface area contributed by atoms with E-state index in [0.29, 0.717) is 13.1 Å². The van der Waals surface area contributed by atoms with Crippen LogP contribution in [0.4, 0.5) is 5.69 Å². The van der Waals surface area contributed by atoms with Crippen molar-refractivity contribution in [3.63, 3.8) is 0 Å². The Hall–Kier alpha value is -2.60. The SMILES string of the molecule is Cn1c(CC2=NNCN2c2ccc(Cl)cc2)nc2ncccc21. The van der Waals surface area contributed by atoms with Crippen LogP contribution in [0.5, 0.6) is 0 Å². The third-order valence-electron chi connectivity index (χ3n) is 3.95. The lowest BCUT2D eigenvalue weighted by Gasteiger charge is -2.19. The average molecular weight is 327 g/mol. The van der Waals surface area contributed by atoms with E-state index in [9.17, 15) is 0 Å². The summed E-state index contributed by atoms with van der Waals surface area (Å²) in [6.45, 7) is 0.638. The summed E-state index contributed by atoms with van der Waals surface area (Å²) < 4.78 is 2.06. The number of aromatic nitrogens is 3. The molecule has 1 aliphatic rings. The van der Waals surface area contributed by atoms with E-state index < -0.39 is 0 Å². The summed E-state index contributed by atoms with van der Waals surface area (Å²) in [6, 6.07) is 11.7. The minimum atomic E-state index is 0.627. The van der Waals surface area contributed by atoms with Crippen LogP contribution in [0.25, 0.3) is 11.2 Å². The van der Waals surface area contributed by atoms with Gasteiger partial charge in [-0.05, 0) is 36.4 Å². The van der Waals surface area contributed by atoms with Crippen molar-refractivity contribution in [2.24, 2.45) is 12.1 Å². The number of imidazole rings is 1. The number of nitrogens with zero attached hydrogens (tertiary/aromatic N) is 5. The van der Waals surface area contributed by atoms with Crippen molar-refractivity contribution in [1.82, 2.24) is 20.0 Å². The zero-order valence-electron chi connectivity index (χ0n) is 12.6. The molecule has 0 saturated carbocycles. The van der Waals surface area contributed by atoms with E-state index in [1.807, 2.05) is 43.4 Å². The van der Waals surface area contributed by atoms with Gasteiger partial charge in [0, 0.05) is 24.0 Å². The number of hydrazone groups is 1. The normalized spacial score (nSPS) is 14.2. The monoisotopic (exact) mass is 326 g/mol. The van der Waals surface area contributed by atoms with Gasteiger partial charge in [-0.25, -0.2) is 9.97 Å². The molecule has 3 aromatic rings. The topological polar surface area (TPSA) is 58.3 Å². The van der Waals surface area contributed by atoms with Crippen molar-refractivity contribution < 1.29 is 0 Å².